The number of aromatic nitrogens is 3. The Balaban J connectivity index is 2.67. The summed E-state index contributed by atoms with van der Waals surface area (Å²) in [6.07, 6.45) is 0. The normalized spacial score (nSPS) is 10.8. The number of ether oxygens (including phenoxy) is 1. The van der Waals surface area contributed by atoms with Gasteiger partial charge in [-0.2, -0.15) is 0 Å². The molecular formula is C12H15N5O3. The van der Waals surface area contributed by atoms with Crippen LogP contribution < -0.4 is 10.5 Å². The number of nitrogens with two attached hydrogens (primary N) is 1. The second kappa shape index (κ2) is 5.16. The lowest BCUT2D eigenvalue weighted by Crippen LogP contribution is -2.07. The second-order valence-corrected chi connectivity index (χ2v) is 4.54. The topological polar surface area (TPSA) is 109 Å². The van der Waals surface area contributed by atoms with Crippen LogP contribution in [-0.4, -0.2) is 27.0 Å². The number of nitrogen functional groups attached to an aromatic ring is 1. The Labute approximate surface area is 115 Å². The van der Waals surface area contributed by atoms with Crippen molar-refractivity contribution in [3.63, 3.8) is 0 Å². The van der Waals surface area contributed by atoms with Crippen molar-refractivity contribution < 1.29 is 9.66 Å². The number of anilines is 1. The molecule has 1 aromatic heterocycles. The monoisotopic (exact) mass is 277 g/mol. The minimum atomic E-state index is -0.474. The fourth-order valence-corrected chi connectivity index (χ4v) is 1.98. The van der Waals surface area contributed by atoms with Crippen molar-refractivity contribution in [1.29, 1.82) is 0 Å². The van der Waals surface area contributed by atoms with Gasteiger partial charge < -0.3 is 10.5 Å². The Bertz CT molecular complexity index is 651. The van der Waals surface area contributed by atoms with E-state index in [1.807, 2.05) is 13.8 Å². The third-order valence-corrected chi connectivity index (χ3v) is 2.88. The van der Waals surface area contributed by atoms with E-state index in [0.29, 0.717) is 22.9 Å². The lowest BCUT2D eigenvalue weighted by molar-refractivity contribution is -0.384. The molecule has 0 fully saturated rings. The van der Waals surface area contributed by atoms with Crippen molar-refractivity contribution >= 4 is 11.5 Å². The Kier molecular flexibility index (Phi) is 3.55. The van der Waals surface area contributed by atoms with Gasteiger partial charge in [0, 0.05) is 12.1 Å². The molecular weight excluding hydrogens is 262 g/mol. The van der Waals surface area contributed by atoms with E-state index in [9.17, 15) is 10.1 Å². The van der Waals surface area contributed by atoms with Crippen molar-refractivity contribution in [3.8, 4) is 11.4 Å². The molecule has 0 atom stereocenters. The molecule has 0 aliphatic carbocycles. The largest absolute Gasteiger partial charge is 0.494 e. The molecule has 2 rings (SSSR count). The van der Waals surface area contributed by atoms with E-state index in [0.717, 1.165) is 0 Å². The third-order valence-electron chi connectivity index (χ3n) is 2.88. The van der Waals surface area contributed by atoms with Crippen LogP contribution in [-0.2, 0) is 0 Å². The number of benzene rings is 1. The first-order valence-corrected chi connectivity index (χ1v) is 5.99. The molecule has 0 unspecified atom stereocenters. The number of hydrogen-bond donors (Lipinski definition) is 1. The van der Waals surface area contributed by atoms with Crippen LogP contribution in [0.3, 0.4) is 0 Å². The minimum Gasteiger partial charge on any atom is -0.494 e. The summed E-state index contributed by atoms with van der Waals surface area (Å²) in [5, 5.41) is 18.7. The molecule has 0 amide bonds. The van der Waals surface area contributed by atoms with E-state index in [1.165, 1.54) is 30.0 Å². The van der Waals surface area contributed by atoms with Crippen molar-refractivity contribution in [1.82, 2.24) is 15.0 Å². The highest BCUT2D eigenvalue weighted by Crippen LogP contribution is 2.31. The smallest absolute Gasteiger partial charge is 0.271 e. The van der Waals surface area contributed by atoms with Gasteiger partial charge in [0.1, 0.15) is 11.4 Å². The predicted octanol–water partition coefficient (Wildman–Crippen LogP) is 1.89. The first-order chi connectivity index (χ1) is 9.45. The van der Waals surface area contributed by atoms with E-state index >= 15 is 0 Å². The number of nitro benzene ring substituents is 1. The summed E-state index contributed by atoms with van der Waals surface area (Å²) in [4.78, 5) is 10.4. The lowest BCUT2D eigenvalue weighted by atomic mass is 10.1. The van der Waals surface area contributed by atoms with Crippen molar-refractivity contribution in [2.45, 2.75) is 19.8 Å². The van der Waals surface area contributed by atoms with Gasteiger partial charge in [0.2, 0.25) is 0 Å². The molecule has 1 heterocycles. The zero-order chi connectivity index (χ0) is 14.9. The molecule has 20 heavy (non-hydrogen) atoms. The molecule has 2 N–H and O–H groups in total. The van der Waals surface area contributed by atoms with Gasteiger partial charge in [0.25, 0.3) is 5.69 Å². The van der Waals surface area contributed by atoms with Gasteiger partial charge in [0.05, 0.1) is 17.7 Å². The summed E-state index contributed by atoms with van der Waals surface area (Å²) < 4.78 is 6.70. The van der Waals surface area contributed by atoms with E-state index in [4.69, 9.17) is 10.5 Å². The maximum absolute atomic E-state index is 10.9. The average Bonchev–Trinajstić information content (AvgIpc) is 2.79. The molecule has 2 aromatic rings. The highest BCUT2D eigenvalue weighted by Gasteiger charge is 2.20. The first kappa shape index (κ1) is 13.8. The number of non-ortho nitro benzene ring substituents is 1. The fourth-order valence-electron chi connectivity index (χ4n) is 1.98. The van der Waals surface area contributed by atoms with Crippen LogP contribution in [0.25, 0.3) is 5.69 Å². The molecule has 8 heteroatoms. The molecule has 0 radical (unpaired) electrons. The number of hydrogen-bond acceptors (Lipinski definition) is 6. The van der Waals surface area contributed by atoms with Crippen LogP contribution in [0, 0.1) is 10.1 Å². The van der Waals surface area contributed by atoms with Gasteiger partial charge in [0.15, 0.2) is 5.82 Å². The van der Waals surface area contributed by atoms with E-state index in [-0.39, 0.29) is 11.6 Å². The SMILES string of the molecule is COc1ccc([N+](=O)[O-])cc1-n1nnc(N)c1C(C)C. The summed E-state index contributed by atoms with van der Waals surface area (Å²) in [6, 6.07) is 4.28. The molecule has 0 aliphatic heterocycles. The molecule has 0 bridgehead atoms. The summed E-state index contributed by atoms with van der Waals surface area (Å²) >= 11 is 0. The molecule has 0 saturated carbocycles. The summed E-state index contributed by atoms with van der Waals surface area (Å²) in [5.41, 5.74) is 6.87. The van der Waals surface area contributed by atoms with Gasteiger partial charge in [-0.1, -0.05) is 19.1 Å². The zero-order valence-electron chi connectivity index (χ0n) is 11.4. The van der Waals surface area contributed by atoms with Gasteiger partial charge in [-0.05, 0) is 12.0 Å². The van der Waals surface area contributed by atoms with Crippen molar-refractivity contribution in [2.75, 3.05) is 12.8 Å². The quantitative estimate of drug-likeness (QED) is 0.675. The summed E-state index contributed by atoms with van der Waals surface area (Å²) in [5.74, 6) is 0.824. The zero-order valence-corrected chi connectivity index (χ0v) is 11.4. The summed E-state index contributed by atoms with van der Waals surface area (Å²) in [6.45, 7) is 3.88. The Hall–Kier alpha value is -2.64. The Morgan fingerprint density at radius 2 is 2.15 bits per heavy atom. The number of rotatable bonds is 4. The predicted molar refractivity (Wildman–Crippen MR) is 73.1 cm³/mol. The van der Waals surface area contributed by atoms with Gasteiger partial charge in [-0.15, -0.1) is 5.10 Å². The third kappa shape index (κ3) is 2.27. The molecule has 0 spiro atoms. The van der Waals surface area contributed by atoms with Crippen LogP contribution in [0.2, 0.25) is 0 Å². The molecule has 8 nitrogen and oxygen atoms in total. The van der Waals surface area contributed by atoms with Crippen LogP contribution in [0.5, 0.6) is 5.75 Å². The van der Waals surface area contributed by atoms with Crippen LogP contribution in [0.1, 0.15) is 25.5 Å². The maximum atomic E-state index is 10.9. The highest BCUT2D eigenvalue weighted by molar-refractivity contribution is 5.55. The Morgan fingerprint density at radius 3 is 2.70 bits per heavy atom. The maximum Gasteiger partial charge on any atom is 0.271 e. The Morgan fingerprint density at radius 1 is 1.45 bits per heavy atom. The van der Waals surface area contributed by atoms with E-state index in [2.05, 4.69) is 10.3 Å². The van der Waals surface area contributed by atoms with Crippen molar-refractivity contribution in [2.24, 2.45) is 0 Å². The first-order valence-electron chi connectivity index (χ1n) is 5.99. The van der Waals surface area contributed by atoms with Crippen molar-refractivity contribution in [3.05, 3.63) is 34.0 Å². The lowest BCUT2D eigenvalue weighted by Gasteiger charge is -2.12. The molecule has 1 aromatic carbocycles. The minimum absolute atomic E-state index is 0.0513. The average molecular weight is 277 g/mol. The second-order valence-electron chi connectivity index (χ2n) is 4.54. The number of nitro groups is 1. The van der Waals surface area contributed by atoms with Crippen LogP contribution in [0.15, 0.2) is 18.2 Å². The van der Waals surface area contributed by atoms with Gasteiger partial charge in [-0.25, -0.2) is 4.68 Å². The van der Waals surface area contributed by atoms with E-state index in [1.54, 1.807) is 0 Å². The summed E-state index contributed by atoms with van der Waals surface area (Å²) in [7, 11) is 1.49. The van der Waals surface area contributed by atoms with Crippen LogP contribution >= 0.6 is 0 Å². The highest BCUT2D eigenvalue weighted by atomic mass is 16.6. The van der Waals surface area contributed by atoms with Gasteiger partial charge >= 0.3 is 0 Å². The van der Waals surface area contributed by atoms with E-state index < -0.39 is 4.92 Å². The molecule has 0 aliphatic rings. The fraction of sp³-hybridized carbons (Fsp3) is 0.333. The standard InChI is InChI=1S/C12H15N5O3/c1-7(2)11-12(13)14-15-16(11)9-6-8(17(18)19)4-5-10(9)20-3/h4-7H,13H2,1-3H3. The van der Waals surface area contributed by atoms with Gasteiger partial charge in [-0.3, -0.25) is 10.1 Å². The van der Waals surface area contributed by atoms with Crippen LogP contribution in [0.4, 0.5) is 11.5 Å². The number of methoxy groups -OCH3 is 1. The molecule has 106 valence electrons. The number of nitrogens with zero attached hydrogens (tertiary/aromatic N) is 4. The molecule has 0 saturated heterocycles.